The Morgan fingerprint density at radius 2 is 1.73 bits per heavy atom. The zero-order valence-electron chi connectivity index (χ0n) is 8.09. The van der Waals surface area contributed by atoms with E-state index in [2.05, 4.69) is 24.0 Å². The van der Waals surface area contributed by atoms with Crippen LogP contribution in [0, 0.1) is 6.92 Å². The minimum atomic E-state index is 1.03. The largest absolute Gasteiger partial charge is 0.249 e. The van der Waals surface area contributed by atoms with Gasteiger partial charge in [0, 0.05) is 11.1 Å². The topological polar surface area (TPSA) is 12.9 Å². The number of nitrogens with zero attached hydrogens (tertiary/aromatic N) is 1. The maximum absolute atomic E-state index is 4.24. The maximum atomic E-state index is 4.24. The van der Waals surface area contributed by atoms with E-state index in [1.165, 1.54) is 4.90 Å². The molecule has 1 aromatic carbocycles. The van der Waals surface area contributed by atoms with Crippen molar-refractivity contribution in [3.63, 3.8) is 0 Å². The highest BCUT2D eigenvalue weighted by Gasteiger charge is 1.97. The smallest absolute Gasteiger partial charge is 0.107 e. The molecular formula is C12H10NS2. The van der Waals surface area contributed by atoms with Gasteiger partial charge in [-0.1, -0.05) is 29.0 Å². The van der Waals surface area contributed by atoms with Gasteiger partial charge in [-0.2, -0.15) is 0 Å². The predicted octanol–water partition coefficient (Wildman–Crippen LogP) is 4.06. The fraction of sp³-hybridized carbons (Fsp3) is 0. The van der Waals surface area contributed by atoms with E-state index in [0.717, 1.165) is 10.6 Å². The predicted molar refractivity (Wildman–Crippen MR) is 66.9 cm³/mol. The Kier molecular flexibility index (Phi) is 3.69. The van der Waals surface area contributed by atoms with Gasteiger partial charge in [0.15, 0.2) is 0 Å². The van der Waals surface area contributed by atoms with Crippen molar-refractivity contribution in [2.24, 2.45) is 0 Å². The fourth-order valence-corrected chi connectivity index (χ4v) is 2.87. The van der Waals surface area contributed by atoms with Crippen LogP contribution in [0.5, 0.6) is 0 Å². The molecule has 0 aliphatic carbocycles. The monoisotopic (exact) mass is 232 g/mol. The molecule has 0 saturated heterocycles. The number of hydrogen-bond donors (Lipinski definition) is 0. The van der Waals surface area contributed by atoms with Gasteiger partial charge in [-0.05, 0) is 47.5 Å². The fourth-order valence-electron chi connectivity index (χ4n) is 1.03. The Hall–Kier alpha value is -0.930. The van der Waals surface area contributed by atoms with E-state index in [1.54, 1.807) is 21.6 Å². The molecule has 0 saturated carbocycles. The molecule has 0 bridgehead atoms. The van der Waals surface area contributed by atoms with Crippen LogP contribution in [0.25, 0.3) is 0 Å². The number of aromatic nitrogens is 1. The first kappa shape index (κ1) is 10.6. The summed E-state index contributed by atoms with van der Waals surface area (Å²) in [7, 11) is 3.37. The first-order chi connectivity index (χ1) is 7.34. The molecule has 1 nitrogen and oxygen atoms in total. The van der Waals surface area contributed by atoms with Crippen molar-refractivity contribution in [2.75, 3.05) is 0 Å². The summed E-state index contributed by atoms with van der Waals surface area (Å²) in [5.41, 5.74) is 1.04. The molecule has 0 fully saturated rings. The molecule has 1 radical (unpaired) electrons. The molecule has 1 heterocycles. The summed E-state index contributed by atoms with van der Waals surface area (Å²) in [6.07, 6.45) is 1.81. The SMILES string of the molecule is [CH2]c1ccc(SSc2ccccn2)cc1. The third kappa shape index (κ3) is 3.29. The summed E-state index contributed by atoms with van der Waals surface area (Å²) >= 11 is 0. The summed E-state index contributed by atoms with van der Waals surface area (Å²) in [4.78, 5) is 5.46. The van der Waals surface area contributed by atoms with Gasteiger partial charge in [-0.25, -0.2) is 4.98 Å². The minimum absolute atomic E-state index is 1.03. The van der Waals surface area contributed by atoms with Gasteiger partial charge in [0.2, 0.25) is 0 Å². The van der Waals surface area contributed by atoms with E-state index in [4.69, 9.17) is 0 Å². The van der Waals surface area contributed by atoms with Crippen LogP contribution in [-0.2, 0) is 0 Å². The van der Waals surface area contributed by atoms with Gasteiger partial charge in [0.1, 0.15) is 5.03 Å². The molecule has 15 heavy (non-hydrogen) atoms. The summed E-state index contributed by atoms with van der Waals surface area (Å²) in [6.45, 7) is 3.85. The lowest BCUT2D eigenvalue weighted by atomic mass is 10.2. The second-order valence-corrected chi connectivity index (χ2v) is 5.20. The zero-order chi connectivity index (χ0) is 10.5. The molecule has 0 aliphatic heterocycles. The highest BCUT2D eigenvalue weighted by Crippen LogP contribution is 2.35. The first-order valence-corrected chi connectivity index (χ1v) is 6.67. The minimum Gasteiger partial charge on any atom is -0.249 e. The average molecular weight is 232 g/mol. The highest BCUT2D eigenvalue weighted by atomic mass is 33.1. The molecule has 3 heteroatoms. The van der Waals surface area contributed by atoms with Crippen LogP contribution in [0.2, 0.25) is 0 Å². The van der Waals surface area contributed by atoms with E-state index in [1.807, 2.05) is 36.5 Å². The van der Waals surface area contributed by atoms with Crippen molar-refractivity contribution in [3.8, 4) is 0 Å². The second-order valence-electron chi connectivity index (χ2n) is 2.98. The molecule has 1 aromatic heterocycles. The van der Waals surface area contributed by atoms with Gasteiger partial charge in [-0.3, -0.25) is 0 Å². The maximum Gasteiger partial charge on any atom is 0.107 e. The van der Waals surface area contributed by atoms with Gasteiger partial charge in [0.05, 0.1) is 0 Å². The van der Waals surface area contributed by atoms with Crippen LogP contribution in [0.1, 0.15) is 5.56 Å². The molecule has 0 spiro atoms. The Morgan fingerprint density at radius 3 is 2.40 bits per heavy atom. The van der Waals surface area contributed by atoms with Crippen LogP contribution in [0.15, 0.2) is 58.6 Å². The Labute approximate surface area is 97.7 Å². The normalized spacial score (nSPS) is 10.2. The van der Waals surface area contributed by atoms with Crippen LogP contribution in [0.4, 0.5) is 0 Å². The number of hydrogen-bond acceptors (Lipinski definition) is 3. The average Bonchev–Trinajstić information content (AvgIpc) is 2.30. The van der Waals surface area contributed by atoms with Crippen molar-refractivity contribution >= 4 is 21.6 Å². The van der Waals surface area contributed by atoms with Crippen molar-refractivity contribution in [1.82, 2.24) is 4.98 Å². The molecule has 0 unspecified atom stereocenters. The highest BCUT2D eigenvalue weighted by molar-refractivity contribution is 8.76. The van der Waals surface area contributed by atoms with Crippen LogP contribution in [0.3, 0.4) is 0 Å². The van der Waals surface area contributed by atoms with E-state index < -0.39 is 0 Å². The van der Waals surface area contributed by atoms with E-state index in [-0.39, 0.29) is 0 Å². The molecule has 75 valence electrons. The summed E-state index contributed by atoms with van der Waals surface area (Å²) < 4.78 is 0. The first-order valence-electron chi connectivity index (χ1n) is 4.52. The quantitative estimate of drug-likeness (QED) is 0.741. The number of benzene rings is 1. The molecule has 0 atom stereocenters. The third-order valence-electron chi connectivity index (χ3n) is 1.78. The Bertz CT molecular complexity index is 411. The Morgan fingerprint density at radius 1 is 0.933 bits per heavy atom. The second kappa shape index (κ2) is 5.24. The van der Waals surface area contributed by atoms with Crippen molar-refractivity contribution in [3.05, 3.63) is 61.1 Å². The lowest BCUT2D eigenvalue weighted by Crippen LogP contribution is -1.74. The lowest BCUT2D eigenvalue weighted by molar-refractivity contribution is 1.14. The van der Waals surface area contributed by atoms with Crippen LogP contribution in [-0.4, -0.2) is 4.98 Å². The zero-order valence-corrected chi connectivity index (χ0v) is 9.72. The van der Waals surface area contributed by atoms with Crippen LogP contribution >= 0.6 is 21.6 Å². The Balaban J connectivity index is 1.96. The van der Waals surface area contributed by atoms with Crippen molar-refractivity contribution in [2.45, 2.75) is 9.92 Å². The van der Waals surface area contributed by atoms with Gasteiger partial charge in [0.25, 0.3) is 0 Å². The molecule has 2 rings (SSSR count). The molecule has 0 aliphatic rings. The number of rotatable bonds is 3. The molecule has 0 N–H and O–H groups in total. The van der Waals surface area contributed by atoms with Gasteiger partial charge < -0.3 is 0 Å². The molecule has 0 amide bonds. The molecular weight excluding hydrogens is 222 g/mol. The van der Waals surface area contributed by atoms with Crippen LogP contribution < -0.4 is 0 Å². The standard InChI is InChI=1S/C12H10NS2/c1-10-5-7-11(8-6-10)14-15-12-4-2-3-9-13-12/h2-9H,1H2. The number of pyridine rings is 1. The van der Waals surface area contributed by atoms with Gasteiger partial charge >= 0.3 is 0 Å². The van der Waals surface area contributed by atoms with Gasteiger partial charge in [-0.15, -0.1) is 0 Å². The lowest BCUT2D eigenvalue weighted by Gasteiger charge is -2.00. The summed E-state index contributed by atoms with van der Waals surface area (Å²) in [6, 6.07) is 14.1. The van der Waals surface area contributed by atoms with Crippen molar-refractivity contribution in [1.29, 1.82) is 0 Å². The van der Waals surface area contributed by atoms with E-state index in [0.29, 0.717) is 0 Å². The molecule has 2 aromatic rings. The van der Waals surface area contributed by atoms with E-state index >= 15 is 0 Å². The third-order valence-corrected chi connectivity index (χ3v) is 4.08. The summed E-state index contributed by atoms with van der Waals surface area (Å²) in [5, 5.41) is 1.03. The van der Waals surface area contributed by atoms with E-state index in [9.17, 15) is 0 Å². The van der Waals surface area contributed by atoms with Crippen molar-refractivity contribution < 1.29 is 0 Å². The summed E-state index contributed by atoms with van der Waals surface area (Å²) in [5.74, 6) is 0.